The van der Waals surface area contributed by atoms with E-state index < -0.39 is 11.9 Å². The fourth-order valence-electron chi connectivity index (χ4n) is 9.68. The SMILES string of the molecule is CC(CCC(=O)NC=O)N1C(=O)c2ccc(N3CC(N4CCN(C(=O)c5ccc(N6CCC7(CC6)CC(C)N(c6ccc(C#N)c(Cl)c6)C7)cc5)CC4)C3)cc2C1=O. The number of amides is 5. The van der Waals surface area contributed by atoms with Crippen LogP contribution in [-0.2, 0) is 9.59 Å². The summed E-state index contributed by atoms with van der Waals surface area (Å²) in [5, 5.41) is 11.9. The van der Waals surface area contributed by atoms with E-state index in [1.54, 1.807) is 19.1 Å². The molecule has 0 aromatic heterocycles. The number of nitrogens with one attached hydrogen (secondary N) is 1. The highest BCUT2D eigenvalue weighted by Gasteiger charge is 2.45. The van der Waals surface area contributed by atoms with Gasteiger partial charge in [0.1, 0.15) is 6.07 Å². The van der Waals surface area contributed by atoms with Crippen LogP contribution < -0.4 is 20.0 Å². The Morgan fingerprint density at radius 2 is 1.57 bits per heavy atom. The summed E-state index contributed by atoms with van der Waals surface area (Å²) in [4.78, 5) is 74.9. The van der Waals surface area contributed by atoms with Crippen molar-refractivity contribution in [2.24, 2.45) is 5.41 Å². The van der Waals surface area contributed by atoms with Crippen molar-refractivity contribution in [1.29, 1.82) is 5.26 Å². The lowest BCUT2D eigenvalue weighted by molar-refractivity contribution is -0.125. The van der Waals surface area contributed by atoms with Gasteiger partial charge in [-0.25, -0.2) is 0 Å². The molecule has 5 aliphatic rings. The number of imide groups is 2. The monoisotopic (exact) mass is 804 g/mol. The average Bonchev–Trinajstić information content (AvgIpc) is 3.67. The first-order chi connectivity index (χ1) is 28.0. The molecule has 2 atom stereocenters. The van der Waals surface area contributed by atoms with Crippen LogP contribution in [0.3, 0.4) is 0 Å². The normalized spacial score (nSPS) is 21.2. The topological polar surface area (TPSA) is 141 Å². The number of benzene rings is 3. The molecule has 13 nitrogen and oxygen atoms in total. The number of hydrogen-bond donors (Lipinski definition) is 1. The molecule has 5 heterocycles. The third-order valence-corrected chi connectivity index (χ3v) is 13.5. The van der Waals surface area contributed by atoms with Gasteiger partial charge in [-0.15, -0.1) is 0 Å². The number of rotatable bonds is 10. The molecule has 0 bridgehead atoms. The van der Waals surface area contributed by atoms with Gasteiger partial charge in [-0.05, 0) is 106 Å². The first-order valence-electron chi connectivity index (χ1n) is 20.3. The summed E-state index contributed by atoms with van der Waals surface area (Å²) in [7, 11) is 0. The van der Waals surface area contributed by atoms with Crippen LogP contribution in [0.4, 0.5) is 17.1 Å². The van der Waals surface area contributed by atoms with Crippen LogP contribution >= 0.6 is 11.6 Å². The zero-order chi connectivity index (χ0) is 40.7. The number of nitrogens with zero attached hydrogens (tertiary/aromatic N) is 7. The summed E-state index contributed by atoms with van der Waals surface area (Å²) in [5.74, 6) is -1.12. The van der Waals surface area contributed by atoms with Gasteiger partial charge in [0.2, 0.25) is 12.3 Å². The summed E-state index contributed by atoms with van der Waals surface area (Å²) < 4.78 is 0. The molecule has 4 saturated heterocycles. The summed E-state index contributed by atoms with van der Waals surface area (Å²) in [6, 6.07) is 21.7. The minimum Gasteiger partial charge on any atom is -0.371 e. The van der Waals surface area contributed by atoms with Crippen molar-refractivity contribution in [2.75, 3.05) is 73.6 Å². The highest BCUT2D eigenvalue weighted by Crippen LogP contribution is 2.46. The van der Waals surface area contributed by atoms with Gasteiger partial charge in [0.25, 0.3) is 17.7 Å². The van der Waals surface area contributed by atoms with Crippen molar-refractivity contribution in [2.45, 2.75) is 64.1 Å². The largest absolute Gasteiger partial charge is 0.371 e. The van der Waals surface area contributed by atoms with Crippen LogP contribution in [0.5, 0.6) is 0 Å². The van der Waals surface area contributed by atoms with E-state index in [2.05, 4.69) is 50.0 Å². The molecule has 5 amide bonds. The summed E-state index contributed by atoms with van der Waals surface area (Å²) in [5.41, 5.74) is 5.33. The van der Waals surface area contributed by atoms with E-state index in [0.29, 0.717) is 58.9 Å². The standard InChI is InChI=1S/C44H49ClN8O5/c1-29(3-12-40(55)47-28-54)53-42(57)37-11-10-34(21-38(37)43(53)58)51-25-36(26-51)49-17-19-50(20-18-49)41(56)31-4-7-33(8-5-31)48-15-13-44(14-16-48)23-30(2)52(27-44)35-9-6-32(24-46)39(45)22-35/h4-11,21-22,28-30,36H,3,12-20,23,25-27H2,1-2H3,(H,47,54,55). The quantitative estimate of drug-likeness (QED) is 0.225. The molecule has 14 heteroatoms. The van der Waals surface area contributed by atoms with Gasteiger partial charge < -0.3 is 19.6 Å². The Balaban J connectivity index is 0.787. The van der Waals surface area contributed by atoms with Crippen LogP contribution in [0.1, 0.15) is 82.6 Å². The van der Waals surface area contributed by atoms with Crippen molar-refractivity contribution in [3.05, 3.63) is 87.9 Å². The second-order valence-corrected chi connectivity index (χ2v) is 17.1. The van der Waals surface area contributed by atoms with Crippen molar-refractivity contribution in [1.82, 2.24) is 20.0 Å². The molecule has 302 valence electrons. The fraction of sp³-hybridized carbons (Fsp3) is 0.455. The predicted octanol–water partition coefficient (Wildman–Crippen LogP) is 4.78. The lowest BCUT2D eigenvalue weighted by Crippen LogP contribution is -2.63. The predicted molar refractivity (Wildman–Crippen MR) is 221 cm³/mol. The molecule has 2 unspecified atom stereocenters. The number of halogens is 1. The van der Waals surface area contributed by atoms with Crippen LogP contribution in [0.15, 0.2) is 60.7 Å². The van der Waals surface area contributed by atoms with Crippen LogP contribution in [0.25, 0.3) is 0 Å². The number of fused-ring (bicyclic) bond motifs is 1. The molecule has 58 heavy (non-hydrogen) atoms. The average molecular weight is 805 g/mol. The summed E-state index contributed by atoms with van der Waals surface area (Å²) >= 11 is 6.37. The summed E-state index contributed by atoms with van der Waals surface area (Å²) in [6.45, 7) is 11.4. The number of piperazine rings is 1. The Hall–Kier alpha value is -5.45. The Labute approximate surface area is 344 Å². The number of carbonyl (C=O) groups is 5. The first-order valence-corrected chi connectivity index (χ1v) is 20.7. The Morgan fingerprint density at radius 3 is 2.24 bits per heavy atom. The minimum atomic E-state index is -0.488. The van der Waals surface area contributed by atoms with Crippen LogP contribution in [0, 0.1) is 16.7 Å². The van der Waals surface area contributed by atoms with Gasteiger partial charge in [0, 0.05) is 106 Å². The number of piperidine rings is 1. The van der Waals surface area contributed by atoms with Gasteiger partial charge in [0.05, 0.1) is 21.7 Å². The van der Waals surface area contributed by atoms with Gasteiger partial charge in [0.15, 0.2) is 0 Å². The molecule has 3 aromatic rings. The molecule has 3 aromatic carbocycles. The highest BCUT2D eigenvalue weighted by molar-refractivity contribution is 6.32. The van der Waals surface area contributed by atoms with Crippen molar-refractivity contribution >= 4 is 58.7 Å². The molecular formula is C44H49ClN8O5. The molecule has 0 saturated carbocycles. The zero-order valence-electron chi connectivity index (χ0n) is 33.0. The minimum absolute atomic E-state index is 0.0322. The molecule has 8 rings (SSSR count). The van der Waals surface area contributed by atoms with Crippen LogP contribution in [0.2, 0.25) is 5.02 Å². The van der Waals surface area contributed by atoms with E-state index in [4.69, 9.17) is 11.6 Å². The molecule has 0 radical (unpaired) electrons. The van der Waals surface area contributed by atoms with E-state index in [1.165, 1.54) is 4.90 Å². The lowest BCUT2D eigenvalue weighted by atomic mass is 9.76. The van der Waals surface area contributed by atoms with Gasteiger partial charge in [-0.2, -0.15) is 5.26 Å². The van der Waals surface area contributed by atoms with Gasteiger partial charge in [-0.1, -0.05) is 11.6 Å². The number of carbonyl (C=O) groups excluding carboxylic acids is 5. The van der Waals surface area contributed by atoms with Gasteiger partial charge in [-0.3, -0.25) is 39.1 Å². The number of nitriles is 1. The molecule has 0 aliphatic carbocycles. The second kappa shape index (κ2) is 16.1. The molecule has 5 aliphatic heterocycles. The second-order valence-electron chi connectivity index (χ2n) is 16.7. The van der Waals surface area contributed by atoms with Crippen molar-refractivity contribution in [3.63, 3.8) is 0 Å². The maximum absolute atomic E-state index is 13.6. The third kappa shape index (κ3) is 7.51. The van der Waals surface area contributed by atoms with E-state index in [-0.39, 0.29) is 36.0 Å². The smallest absolute Gasteiger partial charge is 0.261 e. The van der Waals surface area contributed by atoms with Gasteiger partial charge >= 0.3 is 0 Å². The van der Waals surface area contributed by atoms with Crippen molar-refractivity contribution < 1.29 is 24.0 Å². The maximum Gasteiger partial charge on any atom is 0.261 e. The van der Waals surface area contributed by atoms with E-state index >= 15 is 0 Å². The van der Waals surface area contributed by atoms with E-state index in [0.717, 1.165) is 82.1 Å². The van der Waals surface area contributed by atoms with Crippen molar-refractivity contribution in [3.8, 4) is 6.07 Å². The highest BCUT2D eigenvalue weighted by atomic mass is 35.5. The molecular weight excluding hydrogens is 756 g/mol. The molecule has 1 N–H and O–H groups in total. The Kier molecular flexibility index (Phi) is 10.9. The number of hydrogen-bond acceptors (Lipinski definition) is 10. The third-order valence-electron chi connectivity index (χ3n) is 13.2. The number of anilines is 3. The van der Waals surface area contributed by atoms with Crippen LogP contribution in [-0.4, -0.2) is 122 Å². The van der Waals surface area contributed by atoms with E-state index in [1.807, 2.05) is 41.3 Å². The first kappa shape index (κ1) is 39.4. The Morgan fingerprint density at radius 1 is 0.897 bits per heavy atom. The Bertz CT molecular complexity index is 2150. The molecule has 1 spiro atoms. The van der Waals surface area contributed by atoms with E-state index in [9.17, 15) is 29.2 Å². The maximum atomic E-state index is 13.6. The zero-order valence-corrected chi connectivity index (χ0v) is 33.8. The fourth-order valence-corrected chi connectivity index (χ4v) is 9.89. The molecule has 4 fully saturated rings. The summed E-state index contributed by atoms with van der Waals surface area (Å²) in [6.07, 6.45) is 3.95. The lowest BCUT2D eigenvalue weighted by Gasteiger charge is -2.49.